The number of hydrogen-bond acceptors (Lipinski definition) is 5. The predicted molar refractivity (Wildman–Crippen MR) is 62.3 cm³/mol. The second-order valence-corrected chi connectivity index (χ2v) is 4.72. The minimum atomic E-state index is -1.11. The largest absolute Gasteiger partial charge is 0.396 e. The number of hydrogen-bond donors (Lipinski definition) is 4. The van der Waals surface area contributed by atoms with Gasteiger partial charge in [-0.2, -0.15) is 0 Å². The minimum absolute atomic E-state index is 0.250. The highest BCUT2D eigenvalue weighted by atomic mass is 16.3. The van der Waals surface area contributed by atoms with E-state index in [-0.39, 0.29) is 12.2 Å². The number of aliphatic hydroxyl groups excluding tert-OH is 3. The van der Waals surface area contributed by atoms with Gasteiger partial charge in [-0.25, -0.2) is 4.79 Å². The lowest BCUT2D eigenvalue weighted by atomic mass is 9.97. The molecule has 1 aliphatic carbocycles. The van der Waals surface area contributed by atoms with Crippen LogP contribution < -0.4 is 11.2 Å². The molecule has 1 fully saturated rings. The van der Waals surface area contributed by atoms with Crippen molar-refractivity contribution >= 4 is 0 Å². The molecule has 0 saturated heterocycles. The number of aromatic amines is 1. The molecule has 2 rings (SSSR count). The van der Waals surface area contributed by atoms with E-state index < -0.39 is 35.3 Å². The Labute approximate surface area is 102 Å². The van der Waals surface area contributed by atoms with Crippen molar-refractivity contribution in [1.29, 1.82) is 0 Å². The van der Waals surface area contributed by atoms with Crippen molar-refractivity contribution in [2.45, 2.75) is 24.5 Å². The number of H-pyrrole nitrogens is 1. The smallest absolute Gasteiger partial charge is 0.328 e. The molecule has 0 radical (unpaired) electrons. The van der Waals surface area contributed by atoms with Crippen LogP contribution in [0.3, 0.4) is 0 Å². The zero-order valence-corrected chi connectivity index (χ0v) is 9.91. The standard InChI is InChI=1S/C11H16N2O5/c1-13-3-7(10(17)12-11(13)18)6-2-5(4-14)8(15)9(6)16/h3,5-6,8-9,14-16H,2,4H2,1H3,(H,12,17,18)/t5-,6+,8?,9?/m1/s1. The Balaban J connectivity index is 2.42. The van der Waals surface area contributed by atoms with Crippen LogP contribution >= 0.6 is 0 Å². The highest BCUT2D eigenvalue weighted by Crippen LogP contribution is 2.37. The molecule has 0 aromatic carbocycles. The molecule has 18 heavy (non-hydrogen) atoms. The summed E-state index contributed by atoms with van der Waals surface area (Å²) >= 11 is 0. The van der Waals surface area contributed by atoms with Gasteiger partial charge in [0.2, 0.25) is 0 Å². The maximum Gasteiger partial charge on any atom is 0.328 e. The van der Waals surface area contributed by atoms with E-state index in [1.807, 2.05) is 0 Å². The average Bonchev–Trinajstić information content (AvgIpc) is 2.61. The SMILES string of the molecule is Cn1cc([C@@H]2C[C@H](CO)C(O)C2O)c(=O)[nH]c1=O. The van der Waals surface area contributed by atoms with Gasteiger partial charge in [0.05, 0.1) is 12.2 Å². The van der Waals surface area contributed by atoms with E-state index in [9.17, 15) is 19.8 Å². The molecule has 1 heterocycles. The van der Waals surface area contributed by atoms with Gasteiger partial charge in [0.25, 0.3) is 5.56 Å². The molecule has 0 bridgehead atoms. The molecule has 0 spiro atoms. The summed E-state index contributed by atoms with van der Waals surface area (Å²) in [5.74, 6) is -1.03. The molecule has 7 nitrogen and oxygen atoms in total. The maximum absolute atomic E-state index is 11.7. The van der Waals surface area contributed by atoms with Gasteiger partial charge in [-0.3, -0.25) is 9.78 Å². The van der Waals surface area contributed by atoms with Gasteiger partial charge >= 0.3 is 5.69 Å². The van der Waals surface area contributed by atoms with Crippen LogP contribution in [-0.2, 0) is 7.05 Å². The molecule has 100 valence electrons. The van der Waals surface area contributed by atoms with Crippen LogP contribution in [0.25, 0.3) is 0 Å². The summed E-state index contributed by atoms with van der Waals surface area (Å²) < 4.78 is 1.21. The number of nitrogens with one attached hydrogen (secondary N) is 1. The predicted octanol–water partition coefficient (Wildman–Crippen LogP) is -2.11. The first kappa shape index (κ1) is 13.0. The second kappa shape index (κ2) is 4.68. The van der Waals surface area contributed by atoms with Gasteiger partial charge in [-0.1, -0.05) is 0 Å². The van der Waals surface area contributed by atoms with Crippen LogP contribution in [0, 0.1) is 5.92 Å². The molecule has 4 atom stereocenters. The summed E-state index contributed by atoms with van der Waals surface area (Å²) in [5.41, 5.74) is -0.844. The Kier molecular flexibility index (Phi) is 3.38. The van der Waals surface area contributed by atoms with E-state index >= 15 is 0 Å². The van der Waals surface area contributed by atoms with E-state index in [0.717, 1.165) is 0 Å². The molecule has 2 unspecified atom stereocenters. The lowest BCUT2D eigenvalue weighted by Gasteiger charge is -2.16. The van der Waals surface area contributed by atoms with E-state index in [1.165, 1.54) is 17.8 Å². The van der Waals surface area contributed by atoms with Crippen LogP contribution in [0.5, 0.6) is 0 Å². The number of aromatic nitrogens is 2. The fourth-order valence-electron chi connectivity index (χ4n) is 2.46. The molecular weight excluding hydrogens is 240 g/mol. The first-order valence-corrected chi connectivity index (χ1v) is 5.72. The van der Waals surface area contributed by atoms with Crippen molar-refractivity contribution < 1.29 is 15.3 Å². The quantitative estimate of drug-likeness (QED) is 0.483. The molecule has 1 aromatic rings. The van der Waals surface area contributed by atoms with Crippen molar-refractivity contribution in [2.75, 3.05) is 6.61 Å². The monoisotopic (exact) mass is 256 g/mol. The second-order valence-electron chi connectivity index (χ2n) is 4.72. The summed E-state index contributed by atoms with van der Waals surface area (Å²) in [4.78, 5) is 25.1. The van der Waals surface area contributed by atoms with Gasteiger partial charge in [-0.05, 0) is 6.42 Å². The third-order valence-corrected chi connectivity index (χ3v) is 3.57. The van der Waals surface area contributed by atoms with E-state index in [2.05, 4.69) is 4.98 Å². The summed E-state index contributed by atoms with van der Waals surface area (Å²) in [5, 5.41) is 28.7. The van der Waals surface area contributed by atoms with Crippen LogP contribution in [0.1, 0.15) is 17.9 Å². The Morgan fingerprint density at radius 2 is 2.06 bits per heavy atom. The van der Waals surface area contributed by atoms with Gasteiger partial charge in [0.15, 0.2) is 0 Å². The molecule has 4 N–H and O–H groups in total. The highest BCUT2D eigenvalue weighted by Gasteiger charge is 2.42. The van der Waals surface area contributed by atoms with Gasteiger partial charge in [-0.15, -0.1) is 0 Å². The summed E-state index contributed by atoms with van der Waals surface area (Å²) in [6, 6.07) is 0. The van der Waals surface area contributed by atoms with Gasteiger partial charge in [0.1, 0.15) is 0 Å². The fourth-order valence-corrected chi connectivity index (χ4v) is 2.46. The van der Waals surface area contributed by atoms with Gasteiger partial charge < -0.3 is 19.9 Å². The topological polar surface area (TPSA) is 116 Å². The number of aryl methyl sites for hydroxylation is 1. The fraction of sp³-hybridized carbons (Fsp3) is 0.636. The summed E-state index contributed by atoms with van der Waals surface area (Å²) in [6.07, 6.45) is -0.501. The third kappa shape index (κ3) is 2.00. The van der Waals surface area contributed by atoms with Crippen LogP contribution in [0.2, 0.25) is 0 Å². The Bertz CT molecular complexity index is 549. The molecule has 1 saturated carbocycles. The number of rotatable bonds is 2. The Morgan fingerprint density at radius 1 is 1.39 bits per heavy atom. The summed E-state index contributed by atoms with van der Waals surface area (Å²) in [6.45, 7) is -0.252. The lowest BCUT2D eigenvalue weighted by molar-refractivity contribution is 0.00217. The average molecular weight is 256 g/mol. The van der Waals surface area contributed by atoms with Gasteiger partial charge in [0, 0.05) is 37.3 Å². The molecule has 0 amide bonds. The normalized spacial score (nSPS) is 31.8. The van der Waals surface area contributed by atoms with Crippen LogP contribution in [-0.4, -0.2) is 43.7 Å². The zero-order valence-electron chi connectivity index (χ0n) is 9.91. The first-order chi connectivity index (χ1) is 8.45. The molecular formula is C11H16N2O5. The molecule has 1 aromatic heterocycles. The molecule has 1 aliphatic rings. The lowest BCUT2D eigenvalue weighted by Crippen LogP contribution is -2.34. The number of aliphatic hydroxyl groups is 3. The van der Waals surface area contributed by atoms with Crippen molar-refractivity contribution in [1.82, 2.24) is 9.55 Å². The third-order valence-electron chi connectivity index (χ3n) is 3.57. The van der Waals surface area contributed by atoms with Crippen LogP contribution in [0.4, 0.5) is 0 Å². The van der Waals surface area contributed by atoms with Crippen molar-refractivity contribution in [3.8, 4) is 0 Å². The van der Waals surface area contributed by atoms with Crippen molar-refractivity contribution in [2.24, 2.45) is 13.0 Å². The summed E-state index contributed by atoms with van der Waals surface area (Å²) in [7, 11) is 1.49. The Morgan fingerprint density at radius 3 is 2.61 bits per heavy atom. The number of nitrogens with zero attached hydrogens (tertiary/aromatic N) is 1. The molecule has 0 aliphatic heterocycles. The Hall–Kier alpha value is -1.44. The van der Waals surface area contributed by atoms with E-state index in [4.69, 9.17) is 5.11 Å². The van der Waals surface area contributed by atoms with E-state index in [0.29, 0.717) is 6.42 Å². The maximum atomic E-state index is 11.7. The zero-order chi connectivity index (χ0) is 13.4. The molecule has 7 heteroatoms. The van der Waals surface area contributed by atoms with Crippen LogP contribution in [0.15, 0.2) is 15.8 Å². The van der Waals surface area contributed by atoms with E-state index in [1.54, 1.807) is 0 Å². The van der Waals surface area contributed by atoms with Crippen molar-refractivity contribution in [3.05, 3.63) is 32.6 Å². The minimum Gasteiger partial charge on any atom is -0.396 e. The highest BCUT2D eigenvalue weighted by molar-refractivity contribution is 5.17. The first-order valence-electron chi connectivity index (χ1n) is 5.72. The van der Waals surface area contributed by atoms with Crippen molar-refractivity contribution in [3.63, 3.8) is 0 Å².